The third-order valence-corrected chi connectivity index (χ3v) is 2.05. The molecule has 0 aromatic carbocycles. The van der Waals surface area contributed by atoms with Crippen molar-refractivity contribution < 1.29 is 0 Å². The Kier molecular flexibility index (Phi) is 9.33. The fourth-order valence-corrected chi connectivity index (χ4v) is 1.32. The van der Waals surface area contributed by atoms with Gasteiger partial charge in [-0.1, -0.05) is 26.2 Å². The summed E-state index contributed by atoms with van der Waals surface area (Å²) in [6.45, 7) is 10.4. The average Bonchev–Trinajstić information content (AvgIpc) is 2.17. The molecule has 0 atom stereocenters. The molecular weight excluding hydrogens is 186 g/mol. The van der Waals surface area contributed by atoms with Crippen LogP contribution in [0.2, 0.25) is 0 Å². The number of nitrogens with one attached hydrogen (secondary N) is 2. The summed E-state index contributed by atoms with van der Waals surface area (Å²) in [4.78, 5) is 4.52. The van der Waals surface area contributed by atoms with Crippen LogP contribution in [0.25, 0.3) is 0 Å². The first-order chi connectivity index (χ1) is 7.20. The molecule has 0 amide bonds. The standard InChI is InChI=1S/C12H27N3/c1-5-7-8-9-10-14-12(13-6-2)15-11(3)4/h11H,5-10H2,1-4H3,(H2,13,14,15). The van der Waals surface area contributed by atoms with Crippen LogP contribution in [-0.4, -0.2) is 25.1 Å². The van der Waals surface area contributed by atoms with Crippen molar-refractivity contribution in [1.82, 2.24) is 10.6 Å². The molecular formula is C12H27N3. The van der Waals surface area contributed by atoms with E-state index in [4.69, 9.17) is 0 Å². The number of hydrogen-bond acceptors (Lipinski definition) is 1. The Morgan fingerprint density at radius 3 is 2.40 bits per heavy atom. The van der Waals surface area contributed by atoms with E-state index in [-0.39, 0.29) is 0 Å². The van der Waals surface area contributed by atoms with Crippen molar-refractivity contribution in [2.75, 3.05) is 13.1 Å². The van der Waals surface area contributed by atoms with E-state index in [9.17, 15) is 0 Å². The summed E-state index contributed by atoms with van der Waals surface area (Å²) < 4.78 is 0. The van der Waals surface area contributed by atoms with E-state index in [0.29, 0.717) is 6.04 Å². The fourth-order valence-electron chi connectivity index (χ4n) is 1.32. The zero-order valence-electron chi connectivity index (χ0n) is 10.8. The maximum atomic E-state index is 4.52. The van der Waals surface area contributed by atoms with E-state index in [1.165, 1.54) is 25.7 Å². The predicted molar refractivity (Wildman–Crippen MR) is 68.4 cm³/mol. The van der Waals surface area contributed by atoms with Gasteiger partial charge in [0.2, 0.25) is 0 Å². The molecule has 0 saturated heterocycles. The third kappa shape index (κ3) is 9.57. The second kappa shape index (κ2) is 9.81. The zero-order valence-corrected chi connectivity index (χ0v) is 10.8. The topological polar surface area (TPSA) is 36.4 Å². The molecule has 0 aromatic heterocycles. The van der Waals surface area contributed by atoms with Crippen LogP contribution in [0.3, 0.4) is 0 Å². The van der Waals surface area contributed by atoms with Crippen LogP contribution >= 0.6 is 0 Å². The van der Waals surface area contributed by atoms with Crippen molar-refractivity contribution in [3.8, 4) is 0 Å². The second-order valence-electron chi connectivity index (χ2n) is 4.12. The van der Waals surface area contributed by atoms with E-state index in [0.717, 1.165) is 19.0 Å². The van der Waals surface area contributed by atoms with Crippen LogP contribution < -0.4 is 10.6 Å². The average molecular weight is 213 g/mol. The lowest BCUT2D eigenvalue weighted by Crippen LogP contribution is -2.41. The summed E-state index contributed by atoms with van der Waals surface area (Å²) >= 11 is 0. The van der Waals surface area contributed by atoms with Gasteiger partial charge >= 0.3 is 0 Å². The van der Waals surface area contributed by atoms with E-state index in [2.05, 4.69) is 43.3 Å². The molecule has 90 valence electrons. The van der Waals surface area contributed by atoms with Crippen LogP contribution in [0.4, 0.5) is 0 Å². The van der Waals surface area contributed by atoms with Crippen molar-refractivity contribution in [3.05, 3.63) is 0 Å². The Hall–Kier alpha value is -0.730. The maximum absolute atomic E-state index is 4.52. The van der Waals surface area contributed by atoms with Gasteiger partial charge in [-0.05, 0) is 27.2 Å². The Morgan fingerprint density at radius 1 is 1.13 bits per heavy atom. The predicted octanol–water partition coefficient (Wildman–Crippen LogP) is 2.53. The summed E-state index contributed by atoms with van der Waals surface area (Å²) in [5.41, 5.74) is 0. The van der Waals surface area contributed by atoms with Gasteiger partial charge in [-0.15, -0.1) is 0 Å². The molecule has 0 spiro atoms. The van der Waals surface area contributed by atoms with Gasteiger partial charge in [0.15, 0.2) is 5.96 Å². The smallest absolute Gasteiger partial charge is 0.191 e. The van der Waals surface area contributed by atoms with Gasteiger partial charge in [0, 0.05) is 19.1 Å². The van der Waals surface area contributed by atoms with E-state index in [1.807, 2.05) is 0 Å². The largest absolute Gasteiger partial charge is 0.357 e. The lowest BCUT2D eigenvalue weighted by molar-refractivity contribution is 0.662. The monoisotopic (exact) mass is 213 g/mol. The van der Waals surface area contributed by atoms with Crippen molar-refractivity contribution in [3.63, 3.8) is 0 Å². The Balaban J connectivity index is 3.73. The van der Waals surface area contributed by atoms with E-state index < -0.39 is 0 Å². The summed E-state index contributed by atoms with van der Waals surface area (Å²) in [6, 6.07) is 0.443. The van der Waals surface area contributed by atoms with Gasteiger partial charge in [-0.2, -0.15) is 0 Å². The molecule has 0 aliphatic rings. The zero-order chi connectivity index (χ0) is 11.5. The van der Waals surface area contributed by atoms with E-state index in [1.54, 1.807) is 0 Å². The molecule has 2 N–H and O–H groups in total. The quantitative estimate of drug-likeness (QED) is 0.387. The molecule has 0 aliphatic heterocycles. The highest BCUT2D eigenvalue weighted by atomic mass is 15.2. The maximum Gasteiger partial charge on any atom is 0.191 e. The molecule has 15 heavy (non-hydrogen) atoms. The molecule has 0 bridgehead atoms. The molecule has 0 aliphatic carbocycles. The third-order valence-electron chi connectivity index (χ3n) is 2.05. The molecule has 0 saturated carbocycles. The SMILES string of the molecule is CCCCCCN=C(NCC)NC(C)C. The van der Waals surface area contributed by atoms with Crippen LogP contribution in [0.5, 0.6) is 0 Å². The fraction of sp³-hybridized carbons (Fsp3) is 0.917. The molecule has 0 fully saturated rings. The highest BCUT2D eigenvalue weighted by molar-refractivity contribution is 5.79. The Bertz CT molecular complexity index is 164. The van der Waals surface area contributed by atoms with Crippen LogP contribution in [-0.2, 0) is 0 Å². The minimum Gasteiger partial charge on any atom is -0.357 e. The van der Waals surface area contributed by atoms with Gasteiger partial charge < -0.3 is 10.6 Å². The number of hydrogen-bond donors (Lipinski definition) is 2. The van der Waals surface area contributed by atoms with Crippen molar-refractivity contribution in [1.29, 1.82) is 0 Å². The summed E-state index contributed by atoms with van der Waals surface area (Å²) in [5, 5.41) is 6.55. The first-order valence-corrected chi connectivity index (χ1v) is 6.25. The number of unbranched alkanes of at least 4 members (excludes halogenated alkanes) is 3. The van der Waals surface area contributed by atoms with Crippen molar-refractivity contribution in [2.24, 2.45) is 4.99 Å². The number of nitrogens with zero attached hydrogens (tertiary/aromatic N) is 1. The van der Waals surface area contributed by atoms with Crippen LogP contribution in [0, 0.1) is 0 Å². The van der Waals surface area contributed by atoms with Gasteiger partial charge in [0.1, 0.15) is 0 Å². The highest BCUT2D eigenvalue weighted by Crippen LogP contribution is 1.98. The molecule has 0 radical (unpaired) electrons. The molecule has 0 aromatic rings. The van der Waals surface area contributed by atoms with Crippen molar-refractivity contribution >= 4 is 5.96 Å². The molecule has 3 heteroatoms. The lowest BCUT2D eigenvalue weighted by atomic mass is 10.2. The minimum absolute atomic E-state index is 0.443. The van der Waals surface area contributed by atoms with E-state index >= 15 is 0 Å². The number of rotatable bonds is 7. The summed E-state index contributed by atoms with van der Waals surface area (Å²) in [6.07, 6.45) is 5.10. The first kappa shape index (κ1) is 14.3. The number of aliphatic imine (C=N–C) groups is 1. The van der Waals surface area contributed by atoms with Crippen LogP contribution in [0.15, 0.2) is 4.99 Å². The minimum atomic E-state index is 0.443. The highest BCUT2D eigenvalue weighted by Gasteiger charge is 1.98. The Morgan fingerprint density at radius 2 is 1.87 bits per heavy atom. The first-order valence-electron chi connectivity index (χ1n) is 6.25. The van der Waals surface area contributed by atoms with Gasteiger partial charge in [-0.25, -0.2) is 0 Å². The van der Waals surface area contributed by atoms with Gasteiger partial charge in [0.25, 0.3) is 0 Å². The van der Waals surface area contributed by atoms with Gasteiger partial charge in [-0.3, -0.25) is 4.99 Å². The summed E-state index contributed by atoms with van der Waals surface area (Å²) in [7, 11) is 0. The lowest BCUT2D eigenvalue weighted by Gasteiger charge is -2.13. The summed E-state index contributed by atoms with van der Waals surface area (Å²) in [5.74, 6) is 0.948. The molecule has 0 rings (SSSR count). The van der Waals surface area contributed by atoms with Crippen molar-refractivity contribution in [2.45, 2.75) is 59.4 Å². The molecule has 0 unspecified atom stereocenters. The Labute approximate surface area is 94.7 Å². The van der Waals surface area contributed by atoms with Gasteiger partial charge in [0.05, 0.1) is 0 Å². The molecule has 3 nitrogen and oxygen atoms in total. The molecule has 0 heterocycles. The number of guanidine groups is 1. The second-order valence-corrected chi connectivity index (χ2v) is 4.12. The normalized spacial score (nSPS) is 11.9. The van der Waals surface area contributed by atoms with Crippen LogP contribution in [0.1, 0.15) is 53.4 Å².